The molecule has 1 aliphatic rings. The van der Waals surface area contributed by atoms with Crippen molar-refractivity contribution >= 4 is 28.6 Å². The third-order valence-corrected chi connectivity index (χ3v) is 4.24. The monoisotopic (exact) mass is 322 g/mol. The van der Waals surface area contributed by atoms with Gasteiger partial charge < -0.3 is 10.6 Å². The zero-order valence-electron chi connectivity index (χ0n) is 12.8. The lowest BCUT2D eigenvalue weighted by Crippen LogP contribution is -2.14. The highest BCUT2D eigenvalue weighted by Gasteiger charge is 2.17. The summed E-state index contributed by atoms with van der Waals surface area (Å²) in [4.78, 5) is 12.7. The van der Waals surface area contributed by atoms with Gasteiger partial charge in [0.15, 0.2) is 0 Å². The van der Waals surface area contributed by atoms with Crippen LogP contribution in [-0.4, -0.2) is 16.1 Å². The lowest BCUT2D eigenvalue weighted by molar-refractivity contribution is 0.102. The Morgan fingerprint density at radius 1 is 1.25 bits per heavy atom. The van der Waals surface area contributed by atoms with Crippen LogP contribution in [-0.2, 0) is 13.1 Å². The van der Waals surface area contributed by atoms with Crippen molar-refractivity contribution in [2.75, 3.05) is 5.32 Å². The van der Waals surface area contributed by atoms with Crippen molar-refractivity contribution in [3.8, 4) is 0 Å². The molecule has 2 heterocycles. The van der Waals surface area contributed by atoms with Gasteiger partial charge in [-0.2, -0.15) is 5.10 Å². The number of H-pyrrole nitrogens is 1. The van der Waals surface area contributed by atoms with E-state index in [1.165, 1.54) is 23.9 Å². The molecule has 2 aromatic carbocycles. The van der Waals surface area contributed by atoms with Gasteiger partial charge >= 0.3 is 0 Å². The molecule has 120 valence electrons. The van der Waals surface area contributed by atoms with Gasteiger partial charge in [0.25, 0.3) is 5.91 Å². The van der Waals surface area contributed by atoms with E-state index >= 15 is 0 Å². The average molecular weight is 322 g/mol. The molecule has 0 atom stereocenters. The number of fused-ring (bicyclic) bond motifs is 2. The summed E-state index contributed by atoms with van der Waals surface area (Å²) in [6.07, 6.45) is 3.22. The SMILES string of the molecule is C=Cc1cc2c(cc1NC(=O)c1cc(F)cc3[nH]ncc13)CNC2. The third-order valence-electron chi connectivity index (χ3n) is 4.24. The van der Waals surface area contributed by atoms with E-state index in [1.54, 1.807) is 6.08 Å². The van der Waals surface area contributed by atoms with Gasteiger partial charge in [-0.15, -0.1) is 0 Å². The Morgan fingerprint density at radius 3 is 2.83 bits per heavy atom. The number of hydrogen-bond acceptors (Lipinski definition) is 3. The average Bonchev–Trinajstić information content (AvgIpc) is 3.21. The summed E-state index contributed by atoms with van der Waals surface area (Å²) in [5.74, 6) is -0.867. The van der Waals surface area contributed by atoms with Crippen molar-refractivity contribution in [2.45, 2.75) is 13.1 Å². The van der Waals surface area contributed by atoms with Crippen LogP contribution in [0.25, 0.3) is 17.0 Å². The summed E-state index contributed by atoms with van der Waals surface area (Å²) in [5.41, 5.74) is 4.58. The Kier molecular flexibility index (Phi) is 3.39. The number of rotatable bonds is 3. The number of carbonyl (C=O) groups excluding carboxylic acids is 1. The fraction of sp³-hybridized carbons (Fsp3) is 0.111. The van der Waals surface area contributed by atoms with Crippen molar-refractivity contribution < 1.29 is 9.18 Å². The topological polar surface area (TPSA) is 69.8 Å². The van der Waals surface area contributed by atoms with Crippen molar-refractivity contribution in [2.24, 2.45) is 0 Å². The van der Waals surface area contributed by atoms with Crippen LogP contribution in [0.3, 0.4) is 0 Å². The predicted octanol–water partition coefficient (Wildman–Crippen LogP) is 3.20. The number of halogens is 1. The molecule has 0 bridgehead atoms. The normalized spacial score (nSPS) is 13.0. The molecule has 5 nitrogen and oxygen atoms in total. The number of aromatic nitrogens is 2. The first-order valence-corrected chi connectivity index (χ1v) is 7.58. The Morgan fingerprint density at radius 2 is 2.04 bits per heavy atom. The fourth-order valence-electron chi connectivity index (χ4n) is 3.04. The number of benzene rings is 2. The number of nitrogens with one attached hydrogen (secondary N) is 3. The smallest absolute Gasteiger partial charge is 0.256 e. The summed E-state index contributed by atoms with van der Waals surface area (Å²) in [6, 6.07) is 6.48. The van der Waals surface area contributed by atoms with Crippen molar-refractivity contribution in [3.63, 3.8) is 0 Å². The first-order chi connectivity index (χ1) is 11.7. The zero-order valence-corrected chi connectivity index (χ0v) is 12.8. The minimum Gasteiger partial charge on any atom is -0.321 e. The van der Waals surface area contributed by atoms with E-state index in [0.717, 1.165) is 24.2 Å². The van der Waals surface area contributed by atoms with Crippen molar-refractivity contribution in [3.05, 3.63) is 65.1 Å². The Hall–Kier alpha value is -2.99. The summed E-state index contributed by atoms with van der Waals surface area (Å²) in [6.45, 7) is 5.38. The van der Waals surface area contributed by atoms with E-state index in [2.05, 4.69) is 27.4 Å². The molecule has 0 aliphatic carbocycles. The molecule has 1 aliphatic heterocycles. The first-order valence-electron chi connectivity index (χ1n) is 7.58. The number of hydrogen-bond donors (Lipinski definition) is 3. The molecule has 4 rings (SSSR count). The van der Waals surface area contributed by atoms with Gasteiger partial charge in [0.05, 0.1) is 17.3 Å². The molecule has 0 saturated heterocycles. The predicted molar refractivity (Wildman–Crippen MR) is 91.1 cm³/mol. The maximum Gasteiger partial charge on any atom is 0.256 e. The van der Waals surface area contributed by atoms with E-state index in [9.17, 15) is 9.18 Å². The maximum atomic E-state index is 13.7. The van der Waals surface area contributed by atoms with Crippen LogP contribution in [0.2, 0.25) is 0 Å². The minimum absolute atomic E-state index is 0.243. The number of nitrogens with zero attached hydrogens (tertiary/aromatic N) is 1. The number of aromatic amines is 1. The van der Waals surface area contributed by atoms with E-state index in [-0.39, 0.29) is 11.5 Å². The highest BCUT2D eigenvalue weighted by molar-refractivity contribution is 6.12. The summed E-state index contributed by atoms with van der Waals surface area (Å²) in [7, 11) is 0. The fourth-order valence-corrected chi connectivity index (χ4v) is 3.04. The van der Waals surface area contributed by atoms with Crippen molar-refractivity contribution in [1.29, 1.82) is 0 Å². The van der Waals surface area contributed by atoms with Crippen LogP contribution in [0.1, 0.15) is 27.0 Å². The van der Waals surface area contributed by atoms with Gasteiger partial charge in [-0.05, 0) is 41.0 Å². The second-order valence-electron chi connectivity index (χ2n) is 5.75. The van der Waals surface area contributed by atoms with Gasteiger partial charge in [0, 0.05) is 24.2 Å². The second kappa shape index (κ2) is 5.58. The molecule has 0 fully saturated rings. The molecule has 0 radical (unpaired) electrons. The largest absolute Gasteiger partial charge is 0.321 e. The van der Waals surface area contributed by atoms with Gasteiger partial charge in [-0.1, -0.05) is 12.7 Å². The van der Waals surface area contributed by atoms with Gasteiger partial charge in [-0.3, -0.25) is 9.89 Å². The molecule has 3 N–H and O–H groups in total. The molecular formula is C18H15FN4O. The van der Waals surface area contributed by atoms with E-state index in [0.29, 0.717) is 16.6 Å². The highest BCUT2D eigenvalue weighted by Crippen LogP contribution is 2.27. The van der Waals surface area contributed by atoms with Gasteiger partial charge in [-0.25, -0.2) is 4.39 Å². The zero-order chi connectivity index (χ0) is 16.7. The van der Waals surface area contributed by atoms with Crippen molar-refractivity contribution in [1.82, 2.24) is 15.5 Å². The van der Waals surface area contributed by atoms with Crippen LogP contribution < -0.4 is 10.6 Å². The Bertz CT molecular complexity index is 977. The molecule has 0 spiro atoms. The standard InChI is InChI=1S/C18H15FN4O/c1-2-10-3-11-7-20-8-12(11)4-16(10)22-18(24)14-5-13(19)6-17-15(14)9-21-23-17/h2-6,9,20H,1,7-8H2,(H,21,23)(H,22,24). The molecule has 6 heteroatoms. The lowest BCUT2D eigenvalue weighted by atomic mass is 10.0. The Balaban J connectivity index is 1.74. The van der Waals surface area contributed by atoms with Crippen LogP contribution in [0.4, 0.5) is 10.1 Å². The summed E-state index contributed by atoms with van der Waals surface area (Å²) >= 11 is 0. The van der Waals surface area contributed by atoms with E-state index in [4.69, 9.17) is 0 Å². The van der Waals surface area contributed by atoms with Crippen LogP contribution in [0.15, 0.2) is 37.0 Å². The van der Waals surface area contributed by atoms with Gasteiger partial charge in [0.2, 0.25) is 0 Å². The lowest BCUT2D eigenvalue weighted by Gasteiger charge is -2.12. The summed E-state index contributed by atoms with van der Waals surface area (Å²) in [5, 5.41) is 13.3. The Labute approximate surface area is 137 Å². The molecule has 0 saturated carbocycles. The number of carbonyl (C=O) groups is 1. The molecule has 1 amide bonds. The van der Waals surface area contributed by atoms with Crippen LogP contribution in [0, 0.1) is 5.82 Å². The maximum absolute atomic E-state index is 13.7. The van der Waals surface area contributed by atoms with Crippen LogP contribution >= 0.6 is 0 Å². The quantitative estimate of drug-likeness (QED) is 0.693. The molecule has 3 aromatic rings. The molecule has 1 aromatic heterocycles. The number of amides is 1. The summed E-state index contributed by atoms with van der Waals surface area (Å²) < 4.78 is 13.7. The highest BCUT2D eigenvalue weighted by atomic mass is 19.1. The van der Waals surface area contributed by atoms with E-state index < -0.39 is 5.82 Å². The molecule has 0 unspecified atom stereocenters. The third kappa shape index (κ3) is 2.37. The van der Waals surface area contributed by atoms with E-state index in [1.807, 2.05) is 12.1 Å². The minimum atomic E-state index is -0.487. The molecular weight excluding hydrogens is 307 g/mol. The first kappa shape index (κ1) is 14.6. The van der Waals surface area contributed by atoms with Gasteiger partial charge in [0.1, 0.15) is 5.82 Å². The number of anilines is 1. The second-order valence-corrected chi connectivity index (χ2v) is 5.75. The van der Waals surface area contributed by atoms with Crippen LogP contribution in [0.5, 0.6) is 0 Å². The molecule has 24 heavy (non-hydrogen) atoms.